The summed E-state index contributed by atoms with van der Waals surface area (Å²) in [6, 6.07) is 0. The second kappa shape index (κ2) is 10.3. The standard InChI is InChI=1S/C22H38O5S/c1-21(2,17-9-11-19(23)26-17)13-5-7-15-28(25)16-8-6-14-22(3,4)18-10-12-20(24)27-18/h17-18H,5-16H2,1-4H3. The van der Waals surface area contributed by atoms with E-state index in [9.17, 15) is 14.1 Å². The molecule has 2 rings (SSSR count). The van der Waals surface area contributed by atoms with Gasteiger partial charge in [-0.3, -0.25) is 9.59 Å². The number of unbranched alkanes of at least 4 members (excludes halogenated alkanes) is 2. The minimum Gasteiger partial charge on any atom is -0.616 e. The lowest BCUT2D eigenvalue weighted by molar-refractivity contribution is -0.146. The van der Waals surface area contributed by atoms with Gasteiger partial charge in [0.2, 0.25) is 0 Å². The maximum Gasteiger partial charge on any atom is 0.306 e. The fraction of sp³-hybridized carbons (Fsp3) is 0.909. The number of ether oxygens (including phenoxy) is 2. The van der Waals surface area contributed by atoms with E-state index in [1.807, 2.05) is 0 Å². The first-order valence-electron chi connectivity index (χ1n) is 10.8. The van der Waals surface area contributed by atoms with Gasteiger partial charge in [0, 0.05) is 23.7 Å². The summed E-state index contributed by atoms with van der Waals surface area (Å²) in [4.78, 5) is 22.6. The number of carbonyl (C=O) groups excluding carboxylic acids is 2. The Morgan fingerprint density at radius 2 is 1.21 bits per heavy atom. The van der Waals surface area contributed by atoms with Crippen molar-refractivity contribution in [2.24, 2.45) is 10.8 Å². The van der Waals surface area contributed by atoms with E-state index in [0.29, 0.717) is 12.8 Å². The van der Waals surface area contributed by atoms with E-state index in [1.54, 1.807) is 0 Å². The monoisotopic (exact) mass is 414 g/mol. The third-order valence-electron chi connectivity index (χ3n) is 6.40. The van der Waals surface area contributed by atoms with Gasteiger partial charge in [0.1, 0.15) is 23.7 Å². The molecule has 2 atom stereocenters. The van der Waals surface area contributed by atoms with Crippen molar-refractivity contribution in [2.75, 3.05) is 11.5 Å². The number of rotatable bonds is 12. The Balaban J connectivity index is 1.53. The number of esters is 2. The highest BCUT2D eigenvalue weighted by molar-refractivity contribution is 7.91. The van der Waals surface area contributed by atoms with Crippen LogP contribution < -0.4 is 0 Å². The molecule has 2 unspecified atom stereocenters. The molecule has 6 heteroatoms. The molecule has 2 fully saturated rings. The molecule has 2 aliphatic rings. The maximum absolute atomic E-state index is 12.3. The highest BCUT2D eigenvalue weighted by Gasteiger charge is 2.37. The van der Waals surface area contributed by atoms with Crippen LogP contribution in [0.2, 0.25) is 0 Å². The van der Waals surface area contributed by atoms with Crippen molar-refractivity contribution < 1.29 is 23.6 Å². The van der Waals surface area contributed by atoms with Crippen molar-refractivity contribution in [3.8, 4) is 0 Å². The maximum atomic E-state index is 12.3. The van der Waals surface area contributed by atoms with Crippen molar-refractivity contribution in [1.82, 2.24) is 0 Å². The molecule has 0 bridgehead atoms. The summed E-state index contributed by atoms with van der Waals surface area (Å²) in [7, 11) is 0. The molecule has 0 amide bonds. The summed E-state index contributed by atoms with van der Waals surface area (Å²) in [6.07, 6.45) is 8.76. The minimum atomic E-state index is -0.763. The quantitative estimate of drug-likeness (QED) is 0.266. The lowest BCUT2D eigenvalue weighted by atomic mass is 9.80. The van der Waals surface area contributed by atoms with Crippen LogP contribution in [0.5, 0.6) is 0 Å². The fourth-order valence-corrected chi connectivity index (χ4v) is 5.52. The molecular weight excluding hydrogens is 376 g/mol. The van der Waals surface area contributed by atoms with E-state index < -0.39 is 11.2 Å². The van der Waals surface area contributed by atoms with Crippen molar-refractivity contribution in [1.29, 1.82) is 0 Å². The molecule has 2 heterocycles. The van der Waals surface area contributed by atoms with Crippen LogP contribution in [0.3, 0.4) is 0 Å². The highest BCUT2D eigenvalue weighted by Crippen LogP contribution is 2.37. The van der Waals surface area contributed by atoms with Crippen LogP contribution in [0.15, 0.2) is 0 Å². The van der Waals surface area contributed by atoms with Gasteiger partial charge in [0.25, 0.3) is 0 Å². The molecule has 2 aliphatic heterocycles. The molecule has 0 saturated carbocycles. The molecule has 5 nitrogen and oxygen atoms in total. The SMILES string of the molecule is CC(C)(CCCC[S+]([O-])CCCCC(C)(C)C1CCC(=O)O1)C1CCC(=O)O1. The second-order valence-electron chi connectivity index (χ2n) is 9.77. The summed E-state index contributed by atoms with van der Waals surface area (Å²) in [5.41, 5.74) is 0.00581. The first-order valence-corrected chi connectivity index (χ1v) is 12.3. The Morgan fingerprint density at radius 1 is 0.821 bits per heavy atom. The van der Waals surface area contributed by atoms with Crippen LogP contribution in [0, 0.1) is 10.8 Å². The first-order chi connectivity index (χ1) is 13.1. The van der Waals surface area contributed by atoms with Gasteiger partial charge in [0.15, 0.2) is 0 Å². The van der Waals surface area contributed by atoms with Gasteiger partial charge in [-0.05, 0) is 51.4 Å². The van der Waals surface area contributed by atoms with E-state index >= 15 is 0 Å². The van der Waals surface area contributed by atoms with Crippen molar-refractivity contribution in [3.63, 3.8) is 0 Å². The molecule has 28 heavy (non-hydrogen) atoms. The van der Waals surface area contributed by atoms with Crippen LogP contribution in [0.1, 0.15) is 91.9 Å². The Bertz CT molecular complexity index is 485. The van der Waals surface area contributed by atoms with Gasteiger partial charge in [-0.2, -0.15) is 0 Å². The zero-order chi connectivity index (χ0) is 20.8. The van der Waals surface area contributed by atoms with Crippen LogP contribution in [-0.2, 0) is 30.2 Å². The predicted molar refractivity (Wildman–Crippen MR) is 111 cm³/mol. The largest absolute Gasteiger partial charge is 0.616 e. The normalized spacial score (nSPS) is 24.3. The predicted octanol–water partition coefficient (Wildman–Crippen LogP) is 4.54. The van der Waals surface area contributed by atoms with Gasteiger partial charge >= 0.3 is 11.9 Å². The van der Waals surface area contributed by atoms with Gasteiger partial charge < -0.3 is 14.0 Å². The van der Waals surface area contributed by atoms with Crippen molar-refractivity contribution in [2.45, 2.75) is 104 Å². The summed E-state index contributed by atoms with van der Waals surface area (Å²) < 4.78 is 23.1. The molecule has 0 spiro atoms. The molecule has 0 aromatic heterocycles. The third kappa shape index (κ3) is 7.25. The van der Waals surface area contributed by atoms with Gasteiger partial charge in [0.05, 0.1) is 0 Å². The lowest BCUT2D eigenvalue weighted by Crippen LogP contribution is -2.29. The van der Waals surface area contributed by atoms with Gasteiger partial charge in [-0.25, -0.2) is 0 Å². The number of carbonyl (C=O) groups is 2. The van der Waals surface area contributed by atoms with Crippen LogP contribution in [-0.4, -0.2) is 40.2 Å². The Labute approximate surface area is 173 Å². The van der Waals surface area contributed by atoms with Crippen LogP contribution in [0.25, 0.3) is 0 Å². The summed E-state index contributed by atoms with van der Waals surface area (Å²) in [5.74, 6) is 1.36. The molecular formula is C22H38O5S. The van der Waals surface area contributed by atoms with Gasteiger partial charge in [-0.15, -0.1) is 0 Å². The topological polar surface area (TPSA) is 75.7 Å². The second-order valence-corrected chi connectivity index (χ2v) is 11.5. The Morgan fingerprint density at radius 3 is 1.54 bits per heavy atom. The average Bonchev–Trinajstić information content (AvgIpc) is 3.25. The first kappa shape index (κ1) is 23.5. The number of hydrogen-bond acceptors (Lipinski definition) is 5. The molecule has 162 valence electrons. The molecule has 0 aliphatic carbocycles. The van der Waals surface area contributed by atoms with E-state index in [2.05, 4.69) is 27.7 Å². The molecule has 2 saturated heterocycles. The van der Waals surface area contributed by atoms with Crippen LogP contribution >= 0.6 is 0 Å². The van der Waals surface area contributed by atoms with Crippen LogP contribution in [0.4, 0.5) is 0 Å². The van der Waals surface area contributed by atoms with E-state index in [1.165, 1.54) is 0 Å². The summed E-state index contributed by atoms with van der Waals surface area (Å²) in [6.45, 7) is 8.65. The van der Waals surface area contributed by atoms with E-state index in [-0.39, 0.29) is 35.0 Å². The average molecular weight is 415 g/mol. The van der Waals surface area contributed by atoms with Crippen molar-refractivity contribution in [3.05, 3.63) is 0 Å². The number of hydrogen-bond donors (Lipinski definition) is 0. The zero-order valence-electron chi connectivity index (χ0n) is 18.1. The molecule has 0 N–H and O–H groups in total. The van der Waals surface area contributed by atoms with E-state index in [0.717, 1.165) is 62.9 Å². The summed E-state index contributed by atoms with van der Waals surface area (Å²) in [5, 5.41) is 0. The molecule has 0 aromatic rings. The Kier molecular flexibility index (Phi) is 8.68. The fourth-order valence-electron chi connectivity index (χ4n) is 4.26. The molecule has 0 radical (unpaired) electrons. The lowest BCUT2D eigenvalue weighted by Gasteiger charge is -2.30. The van der Waals surface area contributed by atoms with E-state index in [4.69, 9.17) is 9.47 Å². The third-order valence-corrected chi connectivity index (χ3v) is 7.89. The van der Waals surface area contributed by atoms with Gasteiger partial charge in [-0.1, -0.05) is 38.9 Å². The smallest absolute Gasteiger partial charge is 0.306 e. The minimum absolute atomic E-state index is 0.00290. The summed E-state index contributed by atoms with van der Waals surface area (Å²) >= 11 is -0.763. The zero-order valence-corrected chi connectivity index (χ0v) is 18.9. The Hall–Kier alpha value is -0.750. The van der Waals surface area contributed by atoms with Crippen molar-refractivity contribution >= 4 is 23.1 Å². The number of cyclic esters (lactones) is 2. The highest BCUT2D eigenvalue weighted by atomic mass is 32.2. The molecule has 0 aromatic carbocycles.